The summed E-state index contributed by atoms with van der Waals surface area (Å²) in [6.07, 6.45) is 5.43. The number of rotatable bonds is 4. The van der Waals surface area contributed by atoms with Gasteiger partial charge >= 0.3 is 0 Å². The highest BCUT2D eigenvalue weighted by Gasteiger charge is 2.21. The highest BCUT2D eigenvalue weighted by atomic mass is 16.1. The smallest absolute Gasteiger partial charge is 0.255 e. The van der Waals surface area contributed by atoms with Gasteiger partial charge in [0.2, 0.25) is 5.91 Å². The molecule has 0 unspecified atom stereocenters. The van der Waals surface area contributed by atoms with Crippen LogP contribution in [-0.2, 0) is 24.3 Å². The van der Waals surface area contributed by atoms with Gasteiger partial charge < -0.3 is 10.3 Å². The molecule has 4 rings (SSSR count). The second-order valence-corrected chi connectivity index (χ2v) is 6.81. The number of aromatic amines is 1. The van der Waals surface area contributed by atoms with E-state index in [1.54, 1.807) is 12.4 Å². The first-order valence-corrected chi connectivity index (χ1v) is 9.05. The fourth-order valence-corrected chi connectivity index (χ4v) is 3.33. The van der Waals surface area contributed by atoms with Crippen molar-refractivity contribution in [1.82, 2.24) is 24.8 Å². The molecule has 3 aromatic rings. The van der Waals surface area contributed by atoms with Crippen molar-refractivity contribution < 1.29 is 4.79 Å². The molecule has 1 aromatic carbocycles. The third-order valence-electron chi connectivity index (χ3n) is 4.66. The quantitative estimate of drug-likeness (QED) is 0.719. The molecule has 3 heterocycles. The molecule has 0 saturated carbocycles. The van der Waals surface area contributed by atoms with E-state index in [-0.39, 0.29) is 11.5 Å². The van der Waals surface area contributed by atoms with Gasteiger partial charge in [-0.3, -0.25) is 14.5 Å². The zero-order valence-electron chi connectivity index (χ0n) is 15.5. The highest BCUT2D eigenvalue weighted by Crippen LogP contribution is 2.20. The molecule has 0 radical (unpaired) electrons. The lowest BCUT2D eigenvalue weighted by atomic mass is 10.1. The summed E-state index contributed by atoms with van der Waals surface area (Å²) in [5, 5.41) is 2.76. The minimum absolute atomic E-state index is 0.0893. The average molecular weight is 376 g/mol. The summed E-state index contributed by atoms with van der Waals surface area (Å²) >= 11 is 0. The fourth-order valence-electron chi connectivity index (χ4n) is 3.33. The molecule has 8 heteroatoms. The van der Waals surface area contributed by atoms with Crippen LogP contribution in [0.15, 0.2) is 47.8 Å². The molecule has 0 fully saturated rings. The monoisotopic (exact) mass is 376 g/mol. The van der Waals surface area contributed by atoms with Gasteiger partial charge in [0, 0.05) is 51.1 Å². The summed E-state index contributed by atoms with van der Waals surface area (Å²) < 4.78 is 0. The van der Waals surface area contributed by atoms with Crippen molar-refractivity contribution in [3.63, 3.8) is 0 Å². The summed E-state index contributed by atoms with van der Waals surface area (Å²) in [5.74, 6) is 0.417. The summed E-state index contributed by atoms with van der Waals surface area (Å²) in [6, 6.07) is 7.75. The van der Waals surface area contributed by atoms with Crippen molar-refractivity contribution in [2.45, 2.75) is 26.4 Å². The summed E-state index contributed by atoms with van der Waals surface area (Å²) in [6.45, 7) is 3.59. The van der Waals surface area contributed by atoms with E-state index >= 15 is 0 Å². The van der Waals surface area contributed by atoms with Crippen LogP contribution in [0.5, 0.6) is 0 Å². The Hall–Kier alpha value is -3.39. The first-order chi connectivity index (χ1) is 13.6. The fraction of sp³-hybridized carbons (Fsp3) is 0.250. The van der Waals surface area contributed by atoms with Crippen molar-refractivity contribution in [3.05, 3.63) is 70.2 Å². The number of benzene rings is 1. The number of anilines is 1. The Balaban J connectivity index is 1.49. The zero-order valence-corrected chi connectivity index (χ0v) is 15.5. The van der Waals surface area contributed by atoms with E-state index in [0.717, 1.165) is 30.0 Å². The van der Waals surface area contributed by atoms with Gasteiger partial charge in [-0.1, -0.05) is 12.1 Å². The topological polar surface area (TPSA) is 104 Å². The molecule has 1 aliphatic heterocycles. The number of nitrogens with one attached hydrogen (secondary N) is 2. The first-order valence-electron chi connectivity index (χ1n) is 9.05. The lowest BCUT2D eigenvalue weighted by Gasteiger charge is -2.27. The maximum Gasteiger partial charge on any atom is 0.255 e. The van der Waals surface area contributed by atoms with E-state index in [2.05, 4.69) is 30.2 Å². The van der Waals surface area contributed by atoms with Gasteiger partial charge in [0.05, 0.1) is 16.8 Å². The second-order valence-electron chi connectivity index (χ2n) is 6.81. The maximum absolute atomic E-state index is 12.6. The number of nitrogens with zero attached hydrogens (tertiary/aromatic N) is 4. The molecule has 0 spiro atoms. The van der Waals surface area contributed by atoms with Gasteiger partial charge in [0.15, 0.2) is 0 Å². The summed E-state index contributed by atoms with van der Waals surface area (Å²) in [4.78, 5) is 41.4. The standard InChI is InChI=1S/C20H20N6O2/c1-13(27)23-16-4-2-14(3-5-16)10-26-7-6-18-17(11-26)20(28)25-19(24-18)15-8-21-12-22-9-15/h2-5,8-9,12H,6-7,10-11H2,1H3,(H,23,27)(H,24,25,28). The number of aromatic nitrogens is 4. The van der Waals surface area contributed by atoms with Crippen molar-refractivity contribution in [1.29, 1.82) is 0 Å². The van der Waals surface area contributed by atoms with Gasteiger partial charge in [-0.2, -0.15) is 0 Å². The third-order valence-corrected chi connectivity index (χ3v) is 4.66. The normalized spacial score (nSPS) is 13.8. The van der Waals surface area contributed by atoms with Gasteiger partial charge in [0.1, 0.15) is 12.2 Å². The molecule has 0 saturated heterocycles. The van der Waals surface area contributed by atoms with E-state index in [1.165, 1.54) is 13.3 Å². The van der Waals surface area contributed by atoms with Crippen LogP contribution >= 0.6 is 0 Å². The van der Waals surface area contributed by atoms with Gasteiger partial charge in [-0.25, -0.2) is 15.0 Å². The van der Waals surface area contributed by atoms with Crippen LogP contribution in [0.25, 0.3) is 11.4 Å². The minimum Gasteiger partial charge on any atom is -0.326 e. The zero-order chi connectivity index (χ0) is 19.5. The maximum atomic E-state index is 12.6. The molecular formula is C20H20N6O2. The third kappa shape index (κ3) is 3.96. The predicted molar refractivity (Wildman–Crippen MR) is 104 cm³/mol. The lowest BCUT2D eigenvalue weighted by molar-refractivity contribution is -0.114. The van der Waals surface area contributed by atoms with Gasteiger partial charge in [-0.05, 0) is 17.7 Å². The van der Waals surface area contributed by atoms with E-state index in [4.69, 9.17) is 0 Å². The highest BCUT2D eigenvalue weighted by molar-refractivity contribution is 5.88. The molecule has 2 aromatic heterocycles. The number of hydrogen-bond donors (Lipinski definition) is 2. The van der Waals surface area contributed by atoms with Crippen molar-refractivity contribution in [2.75, 3.05) is 11.9 Å². The first kappa shape index (κ1) is 18.0. The lowest BCUT2D eigenvalue weighted by Crippen LogP contribution is -2.35. The van der Waals surface area contributed by atoms with E-state index in [1.807, 2.05) is 24.3 Å². The Morgan fingerprint density at radius 3 is 2.68 bits per heavy atom. The Bertz CT molecular complexity index is 1050. The van der Waals surface area contributed by atoms with Crippen molar-refractivity contribution in [3.8, 4) is 11.4 Å². The largest absolute Gasteiger partial charge is 0.326 e. The van der Waals surface area contributed by atoms with Crippen molar-refractivity contribution in [2.24, 2.45) is 0 Å². The van der Waals surface area contributed by atoms with Crippen LogP contribution in [0.3, 0.4) is 0 Å². The molecular weight excluding hydrogens is 356 g/mol. The number of H-pyrrole nitrogens is 1. The van der Waals surface area contributed by atoms with Crippen molar-refractivity contribution >= 4 is 11.6 Å². The van der Waals surface area contributed by atoms with E-state index in [9.17, 15) is 9.59 Å². The molecule has 0 atom stereocenters. The Morgan fingerprint density at radius 2 is 1.96 bits per heavy atom. The molecule has 2 N–H and O–H groups in total. The number of carbonyl (C=O) groups excluding carboxylic acids is 1. The van der Waals surface area contributed by atoms with Gasteiger partial charge in [-0.15, -0.1) is 0 Å². The Kier molecular flexibility index (Phi) is 4.94. The number of fused-ring (bicyclic) bond motifs is 1. The molecule has 0 bridgehead atoms. The van der Waals surface area contributed by atoms with Crippen LogP contribution < -0.4 is 10.9 Å². The van der Waals surface area contributed by atoms with Crippen LogP contribution in [-0.4, -0.2) is 37.3 Å². The number of amides is 1. The van der Waals surface area contributed by atoms with Crippen LogP contribution in [0.4, 0.5) is 5.69 Å². The van der Waals surface area contributed by atoms with E-state index < -0.39 is 0 Å². The molecule has 8 nitrogen and oxygen atoms in total. The van der Waals surface area contributed by atoms with Crippen LogP contribution in [0.1, 0.15) is 23.7 Å². The van der Waals surface area contributed by atoms with E-state index in [0.29, 0.717) is 29.9 Å². The molecule has 1 aliphatic rings. The summed E-state index contributed by atoms with van der Waals surface area (Å²) in [7, 11) is 0. The molecule has 1 amide bonds. The molecule has 142 valence electrons. The molecule has 28 heavy (non-hydrogen) atoms. The number of carbonyl (C=O) groups is 1. The second kappa shape index (κ2) is 7.69. The summed E-state index contributed by atoms with van der Waals surface area (Å²) in [5.41, 5.74) is 4.03. The predicted octanol–water partition coefficient (Wildman–Crippen LogP) is 1.74. The van der Waals surface area contributed by atoms with Crippen LogP contribution in [0, 0.1) is 0 Å². The van der Waals surface area contributed by atoms with Gasteiger partial charge in [0.25, 0.3) is 5.56 Å². The van der Waals surface area contributed by atoms with Crippen LogP contribution in [0.2, 0.25) is 0 Å². The average Bonchev–Trinajstić information content (AvgIpc) is 2.70. The molecule has 0 aliphatic carbocycles. The Morgan fingerprint density at radius 1 is 1.21 bits per heavy atom. The number of hydrogen-bond acceptors (Lipinski definition) is 6. The Labute approximate surface area is 161 Å². The SMILES string of the molecule is CC(=O)Nc1ccc(CN2CCc3nc(-c4cncnc4)[nH]c(=O)c3C2)cc1. The minimum atomic E-state index is -0.116.